The first-order valence-corrected chi connectivity index (χ1v) is 6.49. The predicted molar refractivity (Wildman–Crippen MR) is 62.7 cm³/mol. The molecule has 0 aliphatic heterocycles. The molecule has 0 unspecified atom stereocenters. The summed E-state index contributed by atoms with van der Waals surface area (Å²) in [6, 6.07) is 0. The molecule has 0 fully saturated rings. The van der Waals surface area contributed by atoms with Crippen LogP contribution in [0, 0.1) is 0 Å². The van der Waals surface area contributed by atoms with Crippen molar-refractivity contribution in [3.63, 3.8) is 0 Å². The van der Waals surface area contributed by atoms with Crippen LogP contribution < -0.4 is 0 Å². The molecular formula is C11H22O2S. The van der Waals surface area contributed by atoms with Gasteiger partial charge in [0.2, 0.25) is 0 Å². The molecule has 0 radical (unpaired) electrons. The highest BCUT2D eigenvalue weighted by atomic mass is 32.2. The largest absolute Gasteiger partial charge is 0.466 e. The summed E-state index contributed by atoms with van der Waals surface area (Å²) in [5.74, 6) is 1.16. The van der Waals surface area contributed by atoms with Gasteiger partial charge in [-0.1, -0.05) is 20.3 Å². The third-order valence-electron chi connectivity index (χ3n) is 1.78. The van der Waals surface area contributed by atoms with E-state index in [9.17, 15) is 4.79 Å². The monoisotopic (exact) mass is 218 g/mol. The third kappa shape index (κ3) is 9.90. The summed E-state index contributed by atoms with van der Waals surface area (Å²) >= 11 is 1.98. The lowest BCUT2D eigenvalue weighted by atomic mass is 10.2. The van der Waals surface area contributed by atoms with Crippen LogP contribution in [0.3, 0.4) is 0 Å². The van der Waals surface area contributed by atoms with Crippen molar-refractivity contribution < 1.29 is 9.53 Å². The fourth-order valence-corrected chi connectivity index (χ4v) is 1.94. The Kier molecular flexibility index (Phi) is 9.26. The first kappa shape index (κ1) is 13.8. The van der Waals surface area contributed by atoms with Gasteiger partial charge in [0.15, 0.2) is 0 Å². The van der Waals surface area contributed by atoms with Crippen LogP contribution >= 0.6 is 11.8 Å². The Bertz CT molecular complexity index is 146. The van der Waals surface area contributed by atoms with Gasteiger partial charge < -0.3 is 4.74 Å². The van der Waals surface area contributed by atoms with Crippen LogP contribution in [0.4, 0.5) is 0 Å². The van der Waals surface area contributed by atoms with E-state index in [0.717, 1.165) is 18.1 Å². The zero-order chi connectivity index (χ0) is 10.8. The number of hydrogen-bond donors (Lipinski definition) is 0. The molecule has 0 bridgehead atoms. The lowest BCUT2D eigenvalue weighted by Gasteiger charge is -2.04. The van der Waals surface area contributed by atoms with E-state index in [1.165, 1.54) is 12.2 Å². The Morgan fingerprint density at radius 1 is 1.29 bits per heavy atom. The molecule has 2 nitrogen and oxygen atoms in total. The van der Waals surface area contributed by atoms with E-state index < -0.39 is 0 Å². The maximum atomic E-state index is 11.0. The highest BCUT2D eigenvalue weighted by molar-refractivity contribution is 7.99. The van der Waals surface area contributed by atoms with E-state index in [2.05, 4.69) is 13.8 Å². The SMILES string of the molecule is CCOC(=O)CCCCCSC(C)C. The van der Waals surface area contributed by atoms with Crippen molar-refractivity contribution >= 4 is 17.7 Å². The lowest BCUT2D eigenvalue weighted by molar-refractivity contribution is -0.143. The smallest absolute Gasteiger partial charge is 0.305 e. The van der Waals surface area contributed by atoms with Crippen molar-refractivity contribution in [1.82, 2.24) is 0 Å². The van der Waals surface area contributed by atoms with Crippen LogP contribution in [-0.4, -0.2) is 23.6 Å². The van der Waals surface area contributed by atoms with E-state index in [-0.39, 0.29) is 5.97 Å². The van der Waals surface area contributed by atoms with Gasteiger partial charge in [-0.25, -0.2) is 0 Å². The van der Waals surface area contributed by atoms with Crippen LogP contribution in [0.2, 0.25) is 0 Å². The van der Waals surface area contributed by atoms with E-state index in [0.29, 0.717) is 13.0 Å². The van der Waals surface area contributed by atoms with E-state index in [4.69, 9.17) is 4.74 Å². The summed E-state index contributed by atoms with van der Waals surface area (Å²) in [7, 11) is 0. The number of rotatable bonds is 8. The maximum Gasteiger partial charge on any atom is 0.305 e. The van der Waals surface area contributed by atoms with Crippen molar-refractivity contribution in [1.29, 1.82) is 0 Å². The molecular weight excluding hydrogens is 196 g/mol. The second kappa shape index (κ2) is 9.38. The number of carbonyl (C=O) groups excluding carboxylic acids is 1. The topological polar surface area (TPSA) is 26.3 Å². The molecule has 0 atom stereocenters. The first-order chi connectivity index (χ1) is 6.66. The van der Waals surface area contributed by atoms with Crippen LogP contribution in [0.1, 0.15) is 46.5 Å². The average molecular weight is 218 g/mol. The van der Waals surface area contributed by atoms with Crippen molar-refractivity contribution in [3.8, 4) is 0 Å². The van der Waals surface area contributed by atoms with Crippen molar-refractivity contribution in [2.24, 2.45) is 0 Å². The number of hydrogen-bond acceptors (Lipinski definition) is 3. The fourth-order valence-electron chi connectivity index (χ4n) is 1.10. The molecule has 0 aliphatic rings. The normalized spacial score (nSPS) is 10.6. The van der Waals surface area contributed by atoms with Crippen LogP contribution in [-0.2, 0) is 9.53 Å². The Morgan fingerprint density at radius 3 is 2.57 bits per heavy atom. The zero-order valence-corrected chi connectivity index (χ0v) is 10.4. The Morgan fingerprint density at radius 2 is 2.00 bits per heavy atom. The fraction of sp³-hybridized carbons (Fsp3) is 0.909. The van der Waals surface area contributed by atoms with Crippen molar-refractivity contribution in [2.75, 3.05) is 12.4 Å². The third-order valence-corrected chi connectivity index (χ3v) is 2.97. The minimum Gasteiger partial charge on any atom is -0.466 e. The summed E-state index contributed by atoms with van der Waals surface area (Å²) in [5, 5.41) is 0.722. The molecule has 84 valence electrons. The van der Waals surface area contributed by atoms with E-state index >= 15 is 0 Å². The molecule has 0 saturated carbocycles. The molecule has 14 heavy (non-hydrogen) atoms. The van der Waals surface area contributed by atoms with Crippen molar-refractivity contribution in [3.05, 3.63) is 0 Å². The van der Waals surface area contributed by atoms with Crippen molar-refractivity contribution in [2.45, 2.75) is 51.7 Å². The van der Waals surface area contributed by atoms with Gasteiger partial charge in [0.25, 0.3) is 0 Å². The molecule has 0 amide bonds. The van der Waals surface area contributed by atoms with Gasteiger partial charge in [-0.2, -0.15) is 11.8 Å². The average Bonchev–Trinajstić information content (AvgIpc) is 2.11. The highest BCUT2D eigenvalue weighted by Crippen LogP contribution is 2.12. The van der Waals surface area contributed by atoms with Gasteiger partial charge in [-0.15, -0.1) is 0 Å². The molecule has 0 aromatic rings. The summed E-state index contributed by atoms with van der Waals surface area (Å²) < 4.78 is 4.84. The lowest BCUT2D eigenvalue weighted by Crippen LogP contribution is -2.03. The molecule has 0 heterocycles. The second-order valence-electron chi connectivity index (χ2n) is 3.54. The molecule has 0 aliphatic carbocycles. The molecule has 0 rings (SSSR count). The summed E-state index contributed by atoms with van der Waals surface area (Å²) in [5.41, 5.74) is 0. The van der Waals surface area contributed by atoms with Gasteiger partial charge in [-0.3, -0.25) is 4.79 Å². The first-order valence-electron chi connectivity index (χ1n) is 5.44. The molecule has 3 heteroatoms. The van der Waals surface area contributed by atoms with E-state index in [1.54, 1.807) is 0 Å². The molecule has 0 aromatic heterocycles. The highest BCUT2D eigenvalue weighted by Gasteiger charge is 2.00. The Labute approximate surface area is 91.8 Å². The van der Waals surface area contributed by atoms with Crippen LogP contribution in [0.25, 0.3) is 0 Å². The number of thioether (sulfide) groups is 1. The van der Waals surface area contributed by atoms with Gasteiger partial charge in [0.05, 0.1) is 6.61 Å². The number of esters is 1. The van der Waals surface area contributed by atoms with E-state index in [1.807, 2.05) is 18.7 Å². The zero-order valence-electron chi connectivity index (χ0n) is 9.54. The van der Waals surface area contributed by atoms with Gasteiger partial charge in [-0.05, 0) is 30.8 Å². The predicted octanol–water partition coefficient (Wildman–Crippen LogP) is 3.25. The van der Waals surface area contributed by atoms with Crippen LogP contribution in [0.15, 0.2) is 0 Å². The van der Waals surface area contributed by atoms with Gasteiger partial charge in [0, 0.05) is 6.42 Å². The summed E-state index contributed by atoms with van der Waals surface area (Å²) in [6.07, 6.45) is 3.90. The Hall–Kier alpha value is -0.180. The molecule has 0 N–H and O–H groups in total. The second-order valence-corrected chi connectivity index (χ2v) is 5.22. The summed E-state index contributed by atoms with van der Waals surface area (Å²) in [4.78, 5) is 11.0. The Balaban J connectivity index is 3.09. The molecule has 0 aromatic carbocycles. The van der Waals surface area contributed by atoms with Gasteiger partial charge in [0.1, 0.15) is 0 Å². The quantitative estimate of drug-likeness (QED) is 0.462. The number of unbranched alkanes of at least 4 members (excludes halogenated alkanes) is 2. The number of ether oxygens (including phenoxy) is 1. The molecule has 0 saturated heterocycles. The minimum atomic E-state index is -0.0518. The molecule has 0 spiro atoms. The summed E-state index contributed by atoms with van der Waals surface area (Å²) in [6.45, 7) is 6.77. The van der Waals surface area contributed by atoms with Gasteiger partial charge >= 0.3 is 5.97 Å². The maximum absolute atomic E-state index is 11.0. The number of carbonyl (C=O) groups is 1. The van der Waals surface area contributed by atoms with Crippen LogP contribution in [0.5, 0.6) is 0 Å². The minimum absolute atomic E-state index is 0.0518. The standard InChI is InChI=1S/C11H22O2S/c1-4-13-11(12)8-6-5-7-9-14-10(2)3/h10H,4-9H2,1-3H3.